The Labute approximate surface area is 232 Å². The summed E-state index contributed by atoms with van der Waals surface area (Å²) in [6.07, 6.45) is 10.3. The van der Waals surface area contributed by atoms with E-state index in [0.29, 0.717) is 34.6 Å². The zero-order valence-corrected chi connectivity index (χ0v) is 23.9. The minimum Gasteiger partial charge on any atom is -0.393 e. The molecule has 6 heteroatoms. The maximum Gasteiger partial charge on any atom is 0.128 e. The van der Waals surface area contributed by atoms with Crippen LogP contribution in [0.5, 0.6) is 0 Å². The van der Waals surface area contributed by atoms with Gasteiger partial charge in [0.25, 0.3) is 0 Å². The van der Waals surface area contributed by atoms with Crippen molar-refractivity contribution in [1.82, 2.24) is 9.97 Å². The molecule has 1 heterocycles. The zero-order valence-electron chi connectivity index (χ0n) is 23.2. The van der Waals surface area contributed by atoms with Gasteiger partial charge >= 0.3 is 0 Å². The lowest BCUT2D eigenvalue weighted by molar-refractivity contribution is -0.0880. The summed E-state index contributed by atoms with van der Waals surface area (Å²) >= 11 is 6.12. The van der Waals surface area contributed by atoms with Gasteiger partial charge in [0.05, 0.1) is 23.8 Å². The second-order valence-corrected chi connectivity index (χ2v) is 14.4. The van der Waals surface area contributed by atoms with Gasteiger partial charge in [0.15, 0.2) is 0 Å². The van der Waals surface area contributed by atoms with Crippen LogP contribution in [-0.4, -0.2) is 43.6 Å². The summed E-state index contributed by atoms with van der Waals surface area (Å²) < 4.78 is 0. The first-order valence-electron chi connectivity index (χ1n) is 15.0. The van der Waals surface area contributed by atoms with E-state index in [1.165, 1.54) is 0 Å². The predicted molar refractivity (Wildman–Crippen MR) is 151 cm³/mol. The Bertz CT molecular complexity index is 1180. The molecule has 0 saturated heterocycles. The fraction of sp³-hybridized carbons (Fsp3) is 0.750. The van der Waals surface area contributed by atoms with E-state index in [-0.39, 0.29) is 35.1 Å². The van der Waals surface area contributed by atoms with E-state index < -0.39 is 0 Å². The highest BCUT2D eigenvalue weighted by Crippen LogP contribution is 2.65. The second-order valence-electron chi connectivity index (χ2n) is 13.9. The highest BCUT2D eigenvalue weighted by Gasteiger charge is 2.61. The molecule has 11 atom stereocenters. The largest absolute Gasteiger partial charge is 0.393 e. The number of aliphatic hydroxyl groups excluding tert-OH is 3. The van der Waals surface area contributed by atoms with Gasteiger partial charge < -0.3 is 15.3 Å². The summed E-state index contributed by atoms with van der Waals surface area (Å²) in [5, 5.41) is 35.7. The Morgan fingerprint density at radius 1 is 1.03 bits per heavy atom. The number of nitrogens with zero attached hydrogens (tertiary/aromatic N) is 2. The Morgan fingerprint density at radius 2 is 1.82 bits per heavy atom. The molecule has 1 aromatic heterocycles. The Hall–Kier alpha value is -1.27. The van der Waals surface area contributed by atoms with E-state index in [0.717, 1.165) is 80.9 Å². The molecule has 2 aromatic rings. The van der Waals surface area contributed by atoms with Crippen molar-refractivity contribution in [2.75, 3.05) is 0 Å². The summed E-state index contributed by atoms with van der Waals surface area (Å²) in [4.78, 5) is 9.41. The van der Waals surface area contributed by atoms with Crippen molar-refractivity contribution in [3.8, 4) is 0 Å². The smallest absolute Gasteiger partial charge is 0.128 e. The van der Waals surface area contributed by atoms with Crippen LogP contribution in [0.1, 0.15) is 84.4 Å². The van der Waals surface area contributed by atoms with Gasteiger partial charge in [-0.3, -0.25) is 0 Å². The summed E-state index contributed by atoms with van der Waals surface area (Å²) in [5.74, 6) is 3.09. The first kappa shape index (κ1) is 26.9. The van der Waals surface area contributed by atoms with E-state index in [1.807, 2.05) is 24.4 Å². The molecule has 4 saturated carbocycles. The van der Waals surface area contributed by atoms with Crippen molar-refractivity contribution in [3.63, 3.8) is 0 Å². The third-order valence-electron chi connectivity index (χ3n) is 12.2. The standard InChI is InChI=1S/C32H45ClN2O3/c1-18(4-9-30-34-17-19-12-22(33)5-8-27(19)35-30)25-6-7-26-24-14-21(16-29(38)32(25,26)3)31(2)11-10-23(36)13-20(31)15-28(24)37/h5,8,12,17-18,20-21,23-26,28-29,36-38H,4,6-7,9-11,13-16H2,1-3H3/t18-,20+,21?,23-,24-,25-,26+,28-,29+,31+,32-/m1/s1. The highest BCUT2D eigenvalue weighted by molar-refractivity contribution is 6.31. The van der Waals surface area contributed by atoms with Crippen LogP contribution < -0.4 is 0 Å². The Morgan fingerprint density at radius 3 is 2.63 bits per heavy atom. The highest BCUT2D eigenvalue weighted by atomic mass is 35.5. The number of rotatable bonds is 4. The third kappa shape index (κ3) is 4.40. The molecule has 6 rings (SSSR count). The molecule has 208 valence electrons. The van der Waals surface area contributed by atoms with Crippen LogP contribution in [-0.2, 0) is 6.42 Å². The first-order chi connectivity index (χ1) is 18.1. The molecule has 0 radical (unpaired) electrons. The number of aromatic nitrogens is 2. The molecule has 1 aromatic carbocycles. The Kier molecular flexibility index (Phi) is 7.07. The molecule has 3 N–H and O–H groups in total. The van der Waals surface area contributed by atoms with Crippen LogP contribution >= 0.6 is 11.6 Å². The van der Waals surface area contributed by atoms with Gasteiger partial charge in [-0.15, -0.1) is 0 Å². The number of halogens is 1. The molecule has 38 heavy (non-hydrogen) atoms. The quantitative estimate of drug-likeness (QED) is 0.429. The molecular formula is C32H45ClN2O3. The average Bonchev–Trinajstić information content (AvgIpc) is 3.14. The molecular weight excluding hydrogens is 496 g/mol. The van der Waals surface area contributed by atoms with Crippen molar-refractivity contribution in [3.05, 3.63) is 35.2 Å². The van der Waals surface area contributed by atoms with Gasteiger partial charge in [0.1, 0.15) is 5.82 Å². The van der Waals surface area contributed by atoms with E-state index in [2.05, 4.69) is 25.8 Å². The van der Waals surface area contributed by atoms with Crippen molar-refractivity contribution in [2.24, 2.45) is 46.3 Å². The lowest BCUT2D eigenvalue weighted by Crippen LogP contribution is -2.48. The molecule has 0 spiro atoms. The van der Waals surface area contributed by atoms with Gasteiger partial charge in [-0.2, -0.15) is 0 Å². The zero-order chi connectivity index (χ0) is 26.8. The lowest BCUT2D eigenvalue weighted by atomic mass is 9.57. The van der Waals surface area contributed by atoms with E-state index in [4.69, 9.17) is 16.6 Å². The minimum absolute atomic E-state index is 0.101. The van der Waals surface area contributed by atoms with Crippen LogP contribution in [0.2, 0.25) is 5.02 Å². The van der Waals surface area contributed by atoms with Gasteiger partial charge in [-0.1, -0.05) is 32.4 Å². The van der Waals surface area contributed by atoms with Crippen LogP contribution in [0.25, 0.3) is 10.9 Å². The van der Waals surface area contributed by atoms with Crippen molar-refractivity contribution in [1.29, 1.82) is 0 Å². The van der Waals surface area contributed by atoms with Gasteiger partial charge in [-0.25, -0.2) is 9.97 Å². The van der Waals surface area contributed by atoms with Gasteiger partial charge in [-0.05, 0) is 122 Å². The third-order valence-corrected chi connectivity index (χ3v) is 12.5. The normalized spacial score (nSPS) is 43.7. The number of fused-ring (bicyclic) bond motifs is 7. The summed E-state index contributed by atoms with van der Waals surface area (Å²) in [6.45, 7) is 7.10. The second kappa shape index (κ2) is 9.98. The SMILES string of the molecule is C[C@H](CCc1ncc2cc(Cl)ccc2n1)[C@H]1CC[C@H]2[C@H]3CC(C[C@H](O)[C@]12C)[C@@]1(C)CC[C@@H](O)C[C@H]1C[C@H]3O. The fourth-order valence-electron chi connectivity index (χ4n) is 9.89. The van der Waals surface area contributed by atoms with Crippen LogP contribution in [0, 0.1) is 46.3 Å². The van der Waals surface area contributed by atoms with E-state index >= 15 is 0 Å². The molecule has 0 amide bonds. The molecule has 5 nitrogen and oxygen atoms in total. The number of hydrogen-bond donors (Lipinski definition) is 3. The van der Waals surface area contributed by atoms with Crippen molar-refractivity contribution < 1.29 is 15.3 Å². The number of aliphatic hydroxyl groups is 3. The predicted octanol–water partition coefficient (Wildman–Crippen LogP) is 6.20. The number of aryl methyl sites for hydroxylation is 1. The topological polar surface area (TPSA) is 86.5 Å². The van der Waals surface area contributed by atoms with Crippen molar-refractivity contribution in [2.45, 2.75) is 103 Å². The van der Waals surface area contributed by atoms with Crippen LogP contribution in [0.3, 0.4) is 0 Å². The summed E-state index contributed by atoms with van der Waals surface area (Å²) in [5.41, 5.74) is 0.848. The van der Waals surface area contributed by atoms with Crippen LogP contribution in [0.4, 0.5) is 0 Å². The van der Waals surface area contributed by atoms with E-state index in [1.54, 1.807) is 0 Å². The molecule has 4 aliphatic carbocycles. The summed E-state index contributed by atoms with van der Waals surface area (Å²) in [6, 6.07) is 5.74. The monoisotopic (exact) mass is 540 g/mol. The number of hydrogen-bond acceptors (Lipinski definition) is 5. The maximum atomic E-state index is 12.0. The van der Waals surface area contributed by atoms with Crippen molar-refractivity contribution >= 4 is 22.5 Å². The lowest BCUT2D eigenvalue weighted by Gasteiger charge is -2.50. The molecule has 0 aliphatic heterocycles. The molecule has 4 fully saturated rings. The van der Waals surface area contributed by atoms with Gasteiger partial charge in [0.2, 0.25) is 0 Å². The van der Waals surface area contributed by atoms with Gasteiger partial charge in [0, 0.05) is 23.0 Å². The molecule has 2 bridgehead atoms. The maximum absolute atomic E-state index is 12.0. The number of benzene rings is 1. The fourth-order valence-corrected chi connectivity index (χ4v) is 10.1. The summed E-state index contributed by atoms with van der Waals surface area (Å²) in [7, 11) is 0. The Balaban J connectivity index is 1.22. The minimum atomic E-state index is -0.353. The average molecular weight is 541 g/mol. The molecule has 1 unspecified atom stereocenters. The molecule has 4 aliphatic rings. The first-order valence-corrected chi connectivity index (χ1v) is 15.4. The van der Waals surface area contributed by atoms with Crippen LogP contribution in [0.15, 0.2) is 24.4 Å². The van der Waals surface area contributed by atoms with E-state index in [9.17, 15) is 15.3 Å².